The van der Waals surface area contributed by atoms with Gasteiger partial charge in [-0.25, -0.2) is 0 Å². The van der Waals surface area contributed by atoms with Gasteiger partial charge in [-0.05, 0) is 46.5 Å². The van der Waals surface area contributed by atoms with Gasteiger partial charge in [-0.1, -0.05) is 6.42 Å². The maximum Gasteiger partial charge on any atom is 0.233 e. The van der Waals surface area contributed by atoms with E-state index in [0.717, 1.165) is 12.8 Å². The topological polar surface area (TPSA) is 50.9 Å². The van der Waals surface area contributed by atoms with Crippen molar-refractivity contribution >= 4 is 0 Å². The van der Waals surface area contributed by atoms with Crippen LogP contribution in [-0.4, -0.2) is 28.7 Å². The Balaban J connectivity index is 2.43. The summed E-state index contributed by atoms with van der Waals surface area (Å²) >= 11 is 0. The first-order chi connectivity index (χ1) is 7.41. The van der Waals surface area contributed by atoms with Gasteiger partial charge in [0.2, 0.25) is 5.28 Å². The van der Waals surface area contributed by atoms with E-state index in [4.69, 9.17) is 4.84 Å². The van der Waals surface area contributed by atoms with Gasteiger partial charge < -0.3 is 10.0 Å². The predicted molar refractivity (Wildman–Crippen MR) is 61.5 cm³/mol. The molecule has 1 aliphatic carbocycles. The fourth-order valence-corrected chi connectivity index (χ4v) is 1.59. The summed E-state index contributed by atoms with van der Waals surface area (Å²) in [7, 11) is 1.71. The normalized spacial score (nSPS) is 19.6. The first-order valence-corrected chi connectivity index (χ1v) is 5.99. The first kappa shape index (κ1) is 13.1. The highest BCUT2D eigenvalue weighted by molar-refractivity contribution is 4.65. The minimum atomic E-state index is -0.249. The summed E-state index contributed by atoms with van der Waals surface area (Å²) in [5.74, 6) is 0. The van der Waals surface area contributed by atoms with Gasteiger partial charge in [0.25, 0.3) is 0 Å². The number of hydrogen-bond acceptors (Lipinski definition) is 3. The van der Waals surface area contributed by atoms with Crippen molar-refractivity contribution in [3.63, 3.8) is 0 Å². The number of hydrazine groups is 1. The fraction of sp³-hybridized carbons (Fsp3) is 1.00. The lowest BCUT2D eigenvalue weighted by atomic mass is 9.98. The van der Waals surface area contributed by atoms with Gasteiger partial charge in [-0.15, -0.1) is 5.01 Å². The lowest BCUT2D eigenvalue weighted by Crippen LogP contribution is -2.42. The molecule has 16 heavy (non-hydrogen) atoms. The molecule has 0 spiro atoms. The van der Waals surface area contributed by atoms with E-state index in [1.165, 1.54) is 24.3 Å². The molecule has 0 atom stereocenters. The quantitative estimate of drug-likeness (QED) is 0.425. The number of rotatable bonds is 3. The predicted octanol–water partition coefficient (Wildman–Crippen LogP) is 2.86. The van der Waals surface area contributed by atoms with E-state index in [2.05, 4.69) is 5.28 Å². The van der Waals surface area contributed by atoms with Crippen molar-refractivity contribution in [1.29, 1.82) is 0 Å². The van der Waals surface area contributed by atoms with Gasteiger partial charge in [0, 0.05) is 0 Å². The van der Waals surface area contributed by atoms with Crippen molar-refractivity contribution in [2.45, 2.75) is 64.5 Å². The molecule has 94 valence electrons. The van der Waals surface area contributed by atoms with Crippen LogP contribution in [-0.2, 0) is 4.84 Å². The Morgan fingerprint density at radius 2 is 1.81 bits per heavy atom. The van der Waals surface area contributed by atoms with Crippen molar-refractivity contribution in [2.75, 3.05) is 7.05 Å². The summed E-state index contributed by atoms with van der Waals surface area (Å²) in [6.07, 6.45) is 5.76. The SMILES string of the molecule is CN(/[N+]([O-])=N/OC1CCCCC1)C(C)(C)C. The zero-order valence-corrected chi connectivity index (χ0v) is 10.8. The lowest BCUT2D eigenvalue weighted by molar-refractivity contribution is -0.720. The molecule has 0 aromatic rings. The summed E-state index contributed by atoms with van der Waals surface area (Å²) in [4.78, 5) is 5.79. The number of hydrogen-bond donors (Lipinski definition) is 0. The Labute approximate surface area is 97.6 Å². The van der Waals surface area contributed by atoms with Crippen LogP contribution in [0.3, 0.4) is 0 Å². The molecule has 0 heterocycles. The Morgan fingerprint density at radius 3 is 2.31 bits per heavy atom. The van der Waals surface area contributed by atoms with E-state index in [0.29, 0.717) is 4.97 Å². The molecule has 0 aromatic heterocycles. The molecule has 0 radical (unpaired) electrons. The van der Waals surface area contributed by atoms with Crippen LogP contribution in [0.4, 0.5) is 0 Å². The summed E-state index contributed by atoms with van der Waals surface area (Å²) in [5, 5.41) is 16.7. The van der Waals surface area contributed by atoms with Crippen molar-refractivity contribution in [3.8, 4) is 0 Å². The minimum absolute atomic E-state index is 0.124. The molecule has 5 heteroatoms. The third-order valence-electron chi connectivity index (χ3n) is 3.05. The first-order valence-electron chi connectivity index (χ1n) is 5.99. The van der Waals surface area contributed by atoms with Crippen LogP contribution in [0.5, 0.6) is 0 Å². The van der Waals surface area contributed by atoms with Gasteiger partial charge in [-0.3, -0.25) is 0 Å². The molecule has 1 fully saturated rings. The Bertz CT molecular complexity index is 242. The highest BCUT2D eigenvalue weighted by Crippen LogP contribution is 2.20. The molecule has 1 saturated carbocycles. The van der Waals surface area contributed by atoms with Crippen molar-refractivity contribution < 1.29 is 9.81 Å². The van der Waals surface area contributed by atoms with Crippen LogP contribution in [0.2, 0.25) is 0 Å². The lowest BCUT2D eigenvalue weighted by Gasteiger charge is -2.27. The monoisotopic (exact) mass is 229 g/mol. The van der Waals surface area contributed by atoms with Crippen LogP contribution < -0.4 is 0 Å². The summed E-state index contributed by atoms with van der Waals surface area (Å²) in [5.41, 5.74) is -0.249. The highest BCUT2D eigenvalue weighted by Gasteiger charge is 2.24. The summed E-state index contributed by atoms with van der Waals surface area (Å²) in [6, 6.07) is 0. The van der Waals surface area contributed by atoms with Gasteiger partial charge in [0.1, 0.15) is 6.10 Å². The molecule has 0 N–H and O–H groups in total. The van der Waals surface area contributed by atoms with E-state index in [-0.39, 0.29) is 11.6 Å². The Hall–Kier alpha value is -1.00. The van der Waals surface area contributed by atoms with Crippen molar-refractivity contribution in [1.82, 2.24) is 5.01 Å². The maximum atomic E-state index is 11.6. The van der Waals surface area contributed by atoms with Crippen molar-refractivity contribution in [3.05, 3.63) is 5.21 Å². The zero-order valence-electron chi connectivity index (χ0n) is 10.8. The summed E-state index contributed by atoms with van der Waals surface area (Å²) in [6.45, 7) is 5.86. The second kappa shape index (κ2) is 5.37. The van der Waals surface area contributed by atoms with E-state index in [9.17, 15) is 5.21 Å². The second-order valence-corrected chi connectivity index (χ2v) is 5.39. The van der Waals surface area contributed by atoms with Gasteiger partial charge in [0.15, 0.2) is 0 Å². The van der Waals surface area contributed by atoms with Crippen LogP contribution in [0.1, 0.15) is 52.9 Å². The van der Waals surface area contributed by atoms with Crippen molar-refractivity contribution in [2.24, 2.45) is 5.28 Å². The fourth-order valence-electron chi connectivity index (χ4n) is 1.59. The third kappa shape index (κ3) is 3.87. The van der Waals surface area contributed by atoms with E-state index in [1.807, 2.05) is 20.8 Å². The molecule has 0 unspecified atom stereocenters. The second-order valence-electron chi connectivity index (χ2n) is 5.39. The molecular formula is C11H23N3O2. The molecule has 5 nitrogen and oxygen atoms in total. The Kier molecular flexibility index (Phi) is 4.38. The molecule has 0 aliphatic heterocycles. The smallest absolute Gasteiger partial charge is 0.233 e. The van der Waals surface area contributed by atoms with E-state index in [1.54, 1.807) is 7.05 Å². The molecule has 1 aliphatic rings. The summed E-state index contributed by atoms with van der Waals surface area (Å²) < 4.78 is 0. The van der Waals surface area contributed by atoms with Gasteiger partial charge in [-0.2, -0.15) is 0 Å². The van der Waals surface area contributed by atoms with Crippen LogP contribution in [0, 0.1) is 5.21 Å². The van der Waals surface area contributed by atoms with Gasteiger partial charge >= 0.3 is 0 Å². The Morgan fingerprint density at radius 1 is 1.25 bits per heavy atom. The molecular weight excluding hydrogens is 206 g/mol. The molecule has 0 saturated heterocycles. The van der Waals surface area contributed by atoms with Crippen LogP contribution >= 0.6 is 0 Å². The largest absolute Gasteiger partial charge is 0.569 e. The zero-order chi connectivity index (χ0) is 12.2. The van der Waals surface area contributed by atoms with Crippen LogP contribution in [0.15, 0.2) is 5.28 Å². The molecule has 0 aromatic carbocycles. The molecule has 1 rings (SSSR count). The van der Waals surface area contributed by atoms with E-state index >= 15 is 0 Å². The average Bonchev–Trinajstić information content (AvgIpc) is 2.25. The molecule has 0 amide bonds. The maximum absolute atomic E-state index is 11.6. The highest BCUT2D eigenvalue weighted by atomic mass is 16.7. The van der Waals surface area contributed by atoms with Gasteiger partial charge in [0.05, 0.1) is 17.6 Å². The molecule has 0 bridgehead atoms. The minimum Gasteiger partial charge on any atom is -0.569 e. The standard InChI is InChI=1S/C11H23N3O2/c1-11(2,3)13(4)14(15)12-16-10-8-6-5-7-9-10/h10H,5-9H2,1-4H3/b14-12-. The number of nitrogens with zero attached hydrogens (tertiary/aromatic N) is 3. The third-order valence-corrected chi connectivity index (χ3v) is 3.05. The van der Waals surface area contributed by atoms with E-state index < -0.39 is 0 Å². The average molecular weight is 229 g/mol. The van der Waals surface area contributed by atoms with Crippen LogP contribution in [0.25, 0.3) is 0 Å².